The smallest absolute Gasteiger partial charge is 0.152 e. The number of ether oxygens (including phenoxy) is 1. The van der Waals surface area contributed by atoms with E-state index < -0.39 is 0 Å². The van der Waals surface area contributed by atoms with Crippen molar-refractivity contribution in [2.24, 2.45) is 0 Å². The van der Waals surface area contributed by atoms with Crippen LogP contribution in [0.5, 0.6) is 5.75 Å². The van der Waals surface area contributed by atoms with Crippen LogP contribution < -0.4 is 4.74 Å². The molecule has 106 valence electrons. The minimum atomic E-state index is 0.643. The summed E-state index contributed by atoms with van der Waals surface area (Å²) in [7, 11) is 0. The molecule has 1 N–H and O–H groups in total. The number of aromatic amines is 1. The van der Waals surface area contributed by atoms with E-state index in [0.29, 0.717) is 12.2 Å². The lowest BCUT2D eigenvalue weighted by atomic mass is 10.1. The number of carbonyl (C=O) groups is 1. The number of aromatic nitrogens is 1. The van der Waals surface area contributed by atoms with Gasteiger partial charge in [-0.25, -0.2) is 0 Å². The predicted molar refractivity (Wildman–Crippen MR) is 85.0 cm³/mol. The third kappa shape index (κ3) is 2.42. The monoisotopic (exact) mass is 279 g/mol. The molecule has 0 atom stereocenters. The largest absolute Gasteiger partial charge is 0.494 e. The summed E-state index contributed by atoms with van der Waals surface area (Å²) in [5.41, 5.74) is 4.66. The van der Waals surface area contributed by atoms with Crippen LogP contribution in [0.4, 0.5) is 0 Å². The molecule has 0 fully saturated rings. The van der Waals surface area contributed by atoms with E-state index in [1.807, 2.05) is 56.3 Å². The number of carbonyl (C=O) groups excluding carboxylic acids is 1. The van der Waals surface area contributed by atoms with Gasteiger partial charge < -0.3 is 9.72 Å². The molecule has 1 aromatic heterocycles. The standard InChI is InChI=1S/C18H17NO2/c1-3-21-14-7-5-13(6-8-14)18-16(11-20)15-10-12(2)4-9-17(15)19-18/h4-11,19H,3H2,1-2H3. The number of hydrogen-bond acceptors (Lipinski definition) is 2. The molecule has 0 aliphatic carbocycles. The van der Waals surface area contributed by atoms with Crippen molar-refractivity contribution in [2.75, 3.05) is 6.61 Å². The first-order valence-corrected chi connectivity index (χ1v) is 7.03. The average Bonchev–Trinajstić information content (AvgIpc) is 2.86. The van der Waals surface area contributed by atoms with Crippen LogP contribution >= 0.6 is 0 Å². The van der Waals surface area contributed by atoms with Gasteiger partial charge in [0.2, 0.25) is 0 Å². The molecule has 0 unspecified atom stereocenters. The fourth-order valence-electron chi connectivity index (χ4n) is 2.56. The number of hydrogen-bond donors (Lipinski definition) is 1. The molecule has 0 aliphatic rings. The third-order valence-corrected chi connectivity index (χ3v) is 3.57. The Morgan fingerprint density at radius 1 is 1.14 bits per heavy atom. The first-order chi connectivity index (χ1) is 10.2. The van der Waals surface area contributed by atoms with Crippen LogP contribution in [0.3, 0.4) is 0 Å². The molecule has 0 saturated carbocycles. The number of rotatable bonds is 4. The quantitative estimate of drug-likeness (QED) is 0.721. The Hall–Kier alpha value is -2.55. The van der Waals surface area contributed by atoms with Crippen LogP contribution in [0.1, 0.15) is 22.8 Å². The summed E-state index contributed by atoms with van der Waals surface area (Å²) in [5.74, 6) is 0.834. The number of fused-ring (bicyclic) bond motifs is 1. The lowest BCUT2D eigenvalue weighted by Gasteiger charge is -2.04. The molecule has 0 saturated heterocycles. The van der Waals surface area contributed by atoms with E-state index >= 15 is 0 Å². The van der Waals surface area contributed by atoms with Crippen molar-refractivity contribution in [2.45, 2.75) is 13.8 Å². The number of H-pyrrole nitrogens is 1. The van der Waals surface area contributed by atoms with E-state index in [1.165, 1.54) is 0 Å². The molecule has 21 heavy (non-hydrogen) atoms. The molecule has 1 heterocycles. The molecule has 0 radical (unpaired) electrons. The van der Waals surface area contributed by atoms with Crippen LogP contribution in [0.2, 0.25) is 0 Å². The van der Waals surface area contributed by atoms with Crippen molar-refractivity contribution in [1.82, 2.24) is 4.98 Å². The molecular formula is C18H17NO2. The number of benzene rings is 2. The van der Waals surface area contributed by atoms with E-state index in [0.717, 1.165) is 39.8 Å². The van der Waals surface area contributed by atoms with E-state index in [9.17, 15) is 4.79 Å². The minimum Gasteiger partial charge on any atom is -0.494 e. The Morgan fingerprint density at radius 3 is 2.57 bits per heavy atom. The topological polar surface area (TPSA) is 42.1 Å². The summed E-state index contributed by atoms with van der Waals surface area (Å²) in [6, 6.07) is 13.9. The van der Waals surface area contributed by atoms with Gasteiger partial charge in [-0.2, -0.15) is 0 Å². The Labute approximate surface area is 123 Å². The fraction of sp³-hybridized carbons (Fsp3) is 0.167. The van der Waals surface area contributed by atoms with Gasteiger partial charge in [0.1, 0.15) is 5.75 Å². The molecular weight excluding hydrogens is 262 g/mol. The van der Waals surface area contributed by atoms with Gasteiger partial charge in [0.05, 0.1) is 12.3 Å². The highest BCUT2D eigenvalue weighted by Crippen LogP contribution is 2.30. The maximum Gasteiger partial charge on any atom is 0.152 e. The summed E-state index contributed by atoms with van der Waals surface area (Å²) >= 11 is 0. The first kappa shape index (κ1) is 13.4. The summed E-state index contributed by atoms with van der Waals surface area (Å²) < 4.78 is 5.45. The number of aryl methyl sites for hydroxylation is 1. The van der Waals surface area contributed by atoms with Crippen molar-refractivity contribution in [1.29, 1.82) is 0 Å². The van der Waals surface area contributed by atoms with Crippen LogP contribution in [0.15, 0.2) is 42.5 Å². The van der Waals surface area contributed by atoms with E-state index in [-0.39, 0.29) is 0 Å². The lowest BCUT2D eigenvalue weighted by molar-refractivity contribution is 0.112. The molecule has 0 amide bonds. The van der Waals surface area contributed by atoms with Gasteiger partial charge >= 0.3 is 0 Å². The zero-order valence-corrected chi connectivity index (χ0v) is 12.1. The second-order valence-electron chi connectivity index (χ2n) is 5.04. The van der Waals surface area contributed by atoms with Gasteiger partial charge in [-0.1, -0.05) is 11.6 Å². The normalized spacial score (nSPS) is 10.8. The molecule has 2 aromatic carbocycles. The SMILES string of the molecule is CCOc1ccc(-c2[nH]c3ccc(C)cc3c2C=O)cc1. The predicted octanol–water partition coefficient (Wildman–Crippen LogP) is 4.35. The highest BCUT2D eigenvalue weighted by Gasteiger charge is 2.12. The summed E-state index contributed by atoms with van der Waals surface area (Å²) in [5, 5.41) is 0.967. The highest BCUT2D eigenvalue weighted by atomic mass is 16.5. The summed E-state index contributed by atoms with van der Waals surface area (Å²) in [4.78, 5) is 14.8. The Morgan fingerprint density at radius 2 is 1.90 bits per heavy atom. The van der Waals surface area contributed by atoms with Crippen molar-refractivity contribution in [3.63, 3.8) is 0 Å². The van der Waals surface area contributed by atoms with Gasteiger partial charge in [-0.15, -0.1) is 0 Å². The molecule has 0 spiro atoms. The maximum absolute atomic E-state index is 11.5. The Bertz CT molecular complexity index is 785. The summed E-state index contributed by atoms with van der Waals surface area (Å²) in [6.45, 7) is 4.63. The van der Waals surface area contributed by atoms with E-state index in [2.05, 4.69) is 4.98 Å². The highest BCUT2D eigenvalue weighted by molar-refractivity contribution is 6.04. The molecule has 3 rings (SSSR count). The zero-order chi connectivity index (χ0) is 14.8. The Balaban J connectivity index is 2.13. The third-order valence-electron chi connectivity index (χ3n) is 3.57. The second kappa shape index (κ2) is 5.44. The molecule has 3 heteroatoms. The van der Waals surface area contributed by atoms with Crippen LogP contribution in [0, 0.1) is 6.92 Å². The summed E-state index contributed by atoms with van der Waals surface area (Å²) in [6.07, 6.45) is 0.921. The molecule has 0 bridgehead atoms. The van der Waals surface area contributed by atoms with E-state index in [1.54, 1.807) is 0 Å². The van der Waals surface area contributed by atoms with Crippen LogP contribution in [-0.4, -0.2) is 17.9 Å². The zero-order valence-electron chi connectivity index (χ0n) is 12.1. The minimum absolute atomic E-state index is 0.643. The average molecular weight is 279 g/mol. The number of aldehydes is 1. The van der Waals surface area contributed by atoms with Crippen molar-refractivity contribution < 1.29 is 9.53 Å². The van der Waals surface area contributed by atoms with Crippen LogP contribution in [-0.2, 0) is 0 Å². The van der Waals surface area contributed by atoms with Gasteiger partial charge in [0, 0.05) is 16.5 Å². The molecule has 0 aliphatic heterocycles. The molecule has 3 aromatic rings. The van der Waals surface area contributed by atoms with Crippen molar-refractivity contribution >= 4 is 17.2 Å². The Kier molecular flexibility index (Phi) is 3.48. The van der Waals surface area contributed by atoms with E-state index in [4.69, 9.17) is 4.74 Å². The maximum atomic E-state index is 11.5. The van der Waals surface area contributed by atoms with Crippen LogP contribution in [0.25, 0.3) is 22.2 Å². The number of nitrogens with one attached hydrogen (secondary N) is 1. The second-order valence-corrected chi connectivity index (χ2v) is 5.04. The van der Waals surface area contributed by atoms with Crippen molar-refractivity contribution in [3.8, 4) is 17.0 Å². The van der Waals surface area contributed by atoms with Crippen molar-refractivity contribution in [3.05, 3.63) is 53.6 Å². The molecule has 3 nitrogen and oxygen atoms in total. The first-order valence-electron chi connectivity index (χ1n) is 7.03. The van der Waals surface area contributed by atoms with Gasteiger partial charge in [-0.05, 0) is 55.8 Å². The van der Waals surface area contributed by atoms with Gasteiger partial charge in [0.15, 0.2) is 6.29 Å². The van der Waals surface area contributed by atoms with Gasteiger partial charge in [0.25, 0.3) is 0 Å². The lowest BCUT2D eigenvalue weighted by Crippen LogP contribution is -1.91. The van der Waals surface area contributed by atoms with Gasteiger partial charge in [-0.3, -0.25) is 4.79 Å². The fourth-order valence-corrected chi connectivity index (χ4v) is 2.56.